The number of aliphatic hydroxyl groups is 2. The molecule has 0 bridgehead atoms. The van der Waals surface area contributed by atoms with Gasteiger partial charge in [-0.05, 0) is 44.4 Å². The van der Waals surface area contributed by atoms with E-state index in [0.717, 1.165) is 57.8 Å². The summed E-state index contributed by atoms with van der Waals surface area (Å²) in [4.78, 5) is 4.78. The zero-order chi connectivity index (χ0) is 17.9. The van der Waals surface area contributed by atoms with Gasteiger partial charge in [0.25, 0.3) is 0 Å². The van der Waals surface area contributed by atoms with Gasteiger partial charge in [-0.25, -0.2) is 0 Å². The molecule has 0 amide bonds. The van der Waals surface area contributed by atoms with Gasteiger partial charge in [0.2, 0.25) is 0 Å². The number of ether oxygens (including phenoxy) is 1. The van der Waals surface area contributed by atoms with Crippen LogP contribution in [0.4, 0.5) is 0 Å². The SMILES string of the molecule is CCNC(=NCC(CC)(CC)CCO)NCC1(CCO)CCOC1.I. The molecule has 1 heterocycles. The number of guanidine groups is 1. The average Bonchev–Trinajstić information content (AvgIpc) is 3.05. The molecular formula is C18H38IN3O3. The Bertz CT molecular complexity index is 371. The topological polar surface area (TPSA) is 86.1 Å². The normalized spacial score (nSPS) is 21.1. The molecule has 1 aliphatic heterocycles. The number of aliphatic imine (C=N–C) groups is 1. The molecule has 0 aromatic carbocycles. The van der Waals surface area contributed by atoms with Crippen molar-refractivity contribution in [3.8, 4) is 0 Å². The Morgan fingerprint density at radius 2 is 1.88 bits per heavy atom. The summed E-state index contributed by atoms with van der Waals surface area (Å²) in [6.45, 7) is 10.5. The average molecular weight is 471 g/mol. The fourth-order valence-corrected chi connectivity index (χ4v) is 3.31. The molecule has 0 radical (unpaired) electrons. The lowest BCUT2D eigenvalue weighted by molar-refractivity contribution is 0.127. The van der Waals surface area contributed by atoms with Crippen LogP contribution in [0.5, 0.6) is 0 Å². The second kappa shape index (κ2) is 13.1. The molecule has 1 aliphatic rings. The third kappa shape index (κ3) is 7.97. The molecule has 7 heteroatoms. The van der Waals surface area contributed by atoms with Crippen LogP contribution in [-0.4, -0.2) is 62.2 Å². The second-order valence-electron chi connectivity index (χ2n) is 7.01. The molecule has 1 rings (SSSR count). The van der Waals surface area contributed by atoms with Gasteiger partial charge in [-0.15, -0.1) is 24.0 Å². The summed E-state index contributed by atoms with van der Waals surface area (Å²) in [7, 11) is 0. The van der Waals surface area contributed by atoms with Crippen molar-refractivity contribution in [3.63, 3.8) is 0 Å². The van der Waals surface area contributed by atoms with Gasteiger partial charge in [0.05, 0.1) is 6.61 Å². The van der Waals surface area contributed by atoms with E-state index in [-0.39, 0.29) is 48.0 Å². The Balaban J connectivity index is 0.00000576. The number of halogens is 1. The Morgan fingerprint density at radius 3 is 2.36 bits per heavy atom. The van der Waals surface area contributed by atoms with E-state index < -0.39 is 0 Å². The van der Waals surface area contributed by atoms with E-state index in [1.54, 1.807) is 0 Å². The van der Waals surface area contributed by atoms with Crippen LogP contribution in [-0.2, 0) is 4.74 Å². The minimum atomic E-state index is 0. The maximum Gasteiger partial charge on any atom is 0.191 e. The van der Waals surface area contributed by atoms with Crippen LogP contribution in [0.2, 0.25) is 0 Å². The summed E-state index contributed by atoms with van der Waals surface area (Å²) in [5.41, 5.74) is 0.0685. The number of nitrogens with one attached hydrogen (secondary N) is 2. The Morgan fingerprint density at radius 1 is 1.16 bits per heavy atom. The molecule has 150 valence electrons. The van der Waals surface area contributed by atoms with E-state index in [9.17, 15) is 10.2 Å². The van der Waals surface area contributed by atoms with Crippen molar-refractivity contribution in [2.75, 3.05) is 46.1 Å². The molecule has 6 nitrogen and oxygen atoms in total. The Kier molecular flexibility index (Phi) is 13.0. The van der Waals surface area contributed by atoms with Crippen LogP contribution in [0, 0.1) is 10.8 Å². The lowest BCUT2D eigenvalue weighted by atomic mass is 9.79. The molecule has 0 saturated carbocycles. The van der Waals surface area contributed by atoms with Crippen LogP contribution >= 0.6 is 24.0 Å². The first-order valence-corrected chi connectivity index (χ1v) is 9.41. The standard InChI is InChI=1S/C18H37N3O3.HI/c1-4-17(5-2,7-10-22)13-20-16(19-6-3)21-14-18(8-11-23)9-12-24-15-18;/h22-23H,4-15H2,1-3H3,(H2,19,20,21);1H. The zero-order valence-corrected chi connectivity index (χ0v) is 18.5. The number of hydrogen-bond donors (Lipinski definition) is 4. The largest absolute Gasteiger partial charge is 0.396 e. The van der Waals surface area contributed by atoms with Crippen molar-refractivity contribution in [1.29, 1.82) is 0 Å². The van der Waals surface area contributed by atoms with Gasteiger partial charge in [-0.2, -0.15) is 0 Å². The number of aliphatic hydroxyl groups excluding tert-OH is 2. The van der Waals surface area contributed by atoms with E-state index in [2.05, 4.69) is 31.4 Å². The number of hydrogen-bond acceptors (Lipinski definition) is 4. The predicted octanol–water partition coefficient (Wildman–Crippen LogP) is 2.14. The molecule has 0 aromatic heterocycles. The molecule has 0 spiro atoms. The van der Waals surface area contributed by atoms with E-state index in [0.29, 0.717) is 13.2 Å². The molecular weight excluding hydrogens is 433 g/mol. The van der Waals surface area contributed by atoms with E-state index in [1.165, 1.54) is 0 Å². The van der Waals surface area contributed by atoms with Crippen LogP contribution in [0.25, 0.3) is 0 Å². The van der Waals surface area contributed by atoms with E-state index in [1.807, 2.05) is 0 Å². The Labute approximate surface area is 170 Å². The predicted molar refractivity (Wildman–Crippen MR) is 114 cm³/mol. The molecule has 1 atom stereocenters. The number of nitrogens with zero attached hydrogens (tertiary/aromatic N) is 1. The first kappa shape index (κ1) is 24.9. The maximum absolute atomic E-state index is 9.36. The Hall–Kier alpha value is -0.120. The quantitative estimate of drug-likeness (QED) is 0.211. The van der Waals surface area contributed by atoms with Crippen molar-refractivity contribution in [2.24, 2.45) is 15.8 Å². The molecule has 1 saturated heterocycles. The fourth-order valence-electron chi connectivity index (χ4n) is 3.31. The molecule has 4 N–H and O–H groups in total. The summed E-state index contributed by atoms with van der Waals surface area (Å²) in [5.74, 6) is 0.811. The summed E-state index contributed by atoms with van der Waals surface area (Å²) >= 11 is 0. The highest BCUT2D eigenvalue weighted by Gasteiger charge is 2.34. The highest BCUT2D eigenvalue weighted by molar-refractivity contribution is 14.0. The van der Waals surface area contributed by atoms with Gasteiger partial charge in [0.15, 0.2) is 5.96 Å². The lowest BCUT2D eigenvalue weighted by Crippen LogP contribution is -2.45. The van der Waals surface area contributed by atoms with Gasteiger partial charge in [0.1, 0.15) is 0 Å². The third-order valence-electron chi connectivity index (χ3n) is 5.52. The summed E-state index contributed by atoms with van der Waals surface area (Å²) in [5, 5.41) is 25.4. The smallest absolute Gasteiger partial charge is 0.191 e. The van der Waals surface area contributed by atoms with Crippen molar-refractivity contribution in [1.82, 2.24) is 10.6 Å². The maximum atomic E-state index is 9.36. The second-order valence-corrected chi connectivity index (χ2v) is 7.01. The van der Waals surface area contributed by atoms with Gasteiger partial charge in [-0.1, -0.05) is 13.8 Å². The van der Waals surface area contributed by atoms with Gasteiger partial charge in [-0.3, -0.25) is 4.99 Å². The minimum Gasteiger partial charge on any atom is -0.396 e. The monoisotopic (exact) mass is 471 g/mol. The summed E-state index contributed by atoms with van der Waals surface area (Å²) < 4.78 is 5.55. The molecule has 1 unspecified atom stereocenters. The lowest BCUT2D eigenvalue weighted by Gasteiger charge is -2.30. The van der Waals surface area contributed by atoms with Crippen LogP contribution in [0.1, 0.15) is 52.9 Å². The molecule has 1 fully saturated rings. The fraction of sp³-hybridized carbons (Fsp3) is 0.944. The van der Waals surface area contributed by atoms with Gasteiger partial charge < -0.3 is 25.6 Å². The van der Waals surface area contributed by atoms with Gasteiger partial charge in [0, 0.05) is 44.9 Å². The molecule has 0 aromatic rings. The van der Waals surface area contributed by atoms with Crippen molar-refractivity contribution >= 4 is 29.9 Å². The summed E-state index contributed by atoms with van der Waals surface area (Å²) in [6.07, 6.45) is 4.52. The van der Waals surface area contributed by atoms with Crippen LogP contribution < -0.4 is 10.6 Å². The van der Waals surface area contributed by atoms with E-state index in [4.69, 9.17) is 9.73 Å². The van der Waals surface area contributed by atoms with Crippen molar-refractivity contribution in [3.05, 3.63) is 0 Å². The van der Waals surface area contributed by atoms with E-state index >= 15 is 0 Å². The summed E-state index contributed by atoms with van der Waals surface area (Å²) in [6, 6.07) is 0. The van der Waals surface area contributed by atoms with Crippen molar-refractivity contribution < 1.29 is 14.9 Å². The molecule has 25 heavy (non-hydrogen) atoms. The minimum absolute atomic E-state index is 0. The highest BCUT2D eigenvalue weighted by atomic mass is 127. The van der Waals surface area contributed by atoms with Crippen LogP contribution in [0.15, 0.2) is 4.99 Å². The van der Waals surface area contributed by atoms with Crippen LogP contribution in [0.3, 0.4) is 0 Å². The number of rotatable bonds is 11. The van der Waals surface area contributed by atoms with Gasteiger partial charge >= 0.3 is 0 Å². The first-order chi connectivity index (χ1) is 11.6. The van der Waals surface area contributed by atoms with Crippen molar-refractivity contribution in [2.45, 2.75) is 52.9 Å². The third-order valence-corrected chi connectivity index (χ3v) is 5.52. The molecule has 0 aliphatic carbocycles. The zero-order valence-electron chi connectivity index (χ0n) is 16.1. The first-order valence-electron chi connectivity index (χ1n) is 9.41. The highest BCUT2D eigenvalue weighted by Crippen LogP contribution is 2.32.